The molecular weight excluding hydrogens is 334 g/mol. The van der Waals surface area contributed by atoms with Crippen LogP contribution < -0.4 is 16.6 Å². The predicted octanol–water partition coefficient (Wildman–Crippen LogP) is 1.42. The van der Waals surface area contributed by atoms with E-state index < -0.39 is 5.69 Å². The van der Waals surface area contributed by atoms with Gasteiger partial charge in [0, 0.05) is 31.0 Å². The number of fused-ring (bicyclic) bond motifs is 1. The van der Waals surface area contributed by atoms with Crippen molar-refractivity contribution in [1.82, 2.24) is 24.4 Å². The molecule has 1 atom stereocenters. The van der Waals surface area contributed by atoms with Crippen molar-refractivity contribution in [1.29, 1.82) is 0 Å². The Morgan fingerprint density at radius 3 is 2.73 bits per heavy atom. The highest BCUT2D eigenvalue weighted by Gasteiger charge is 2.16. The third-order valence-corrected chi connectivity index (χ3v) is 4.38. The fourth-order valence-corrected chi connectivity index (χ4v) is 3.00. The lowest BCUT2D eigenvalue weighted by molar-refractivity contribution is 0.0937. The van der Waals surface area contributed by atoms with Gasteiger partial charge in [-0.25, -0.2) is 9.78 Å². The van der Waals surface area contributed by atoms with Crippen molar-refractivity contribution < 1.29 is 4.79 Å². The first-order valence-electron chi connectivity index (χ1n) is 8.55. The van der Waals surface area contributed by atoms with Gasteiger partial charge in [-0.05, 0) is 39.0 Å². The molecule has 3 aromatic rings. The fraction of sp³-hybridized carbons (Fsp3) is 0.333. The van der Waals surface area contributed by atoms with E-state index in [9.17, 15) is 14.4 Å². The highest BCUT2D eigenvalue weighted by atomic mass is 16.2. The molecule has 2 aromatic heterocycles. The summed E-state index contributed by atoms with van der Waals surface area (Å²) in [5, 5.41) is 3.26. The number of nitrogens with zero attached hydrogens (tertiary/aromatic N) is 3. The van der Waals surface area contributed by atoms with Crippen LogP contribution in [0, 0.1) is 0 Å². The molecule has 1 aromatic carbocycles. The molecule has 8 heteroatoms. The lowest BCUT2D eigenvalue weighted by Crippen LogP contribution is -2.34. The van der Waals surface area contributed by atoms with Gasteiger partial charge in [0.1, 0.15) is 5.82 Å². The average molecular weight is 355 g/mol. The van der Waals surface area contributed by atoms with Gasteiger partial charge in [0.15, 0.2) is 0 Å². The molecule has 0 aliphatic heterocycles. The van der Waals surface area contributed by atoms with E-state index in [0.29, 0.717) is 16.5 Å². The number of aromatic nitrogens is 4. The van der Waals surface area contributed by atoms with Gasteiger partial charge in [-0.2, -0.15) is 0 Å². The van der Waals surface area contributed by atoms with Crippen molar-refractivity contribution in [2.75, 3.05) is 0 Å². The number of H-pyrrole nitrogens is 1. The van der Waals surface area contributed by atoms with Crippen molar-refractivity contribution in [2.24, 2.45) is 0 Å². The Morgan fingerprint density at radius 2 is 2.04 bits per heavy atom. The summed E-state index contributed by atoms with van der Waals surface area (Å²) in [4.78, 5) is 43.8. The number of carbonyl (C=O) groups excluding carboxylic acids is 1. The normalized spacial score (nSPS) is 12.3. The minimum atomic E-state index is -0.485. The minimum Gasteiger partial charge on any atom is -0.342 e. The molecule has 0 aliphatic carbocycles. The van der Waals surface area contributed by atoms with E-state index >= 15 is 0 Å². The van der Waals surface area contributed by atoms with E-state index in [4.69, 9.17) is 0 Å². The molecule has 0 aliphatic rings. The second kappa shape index (κ2) is 6.99. The SMILES string of the molecule is CCn1ccnc1C(C)NC(=O)c1ccc2c(=O)n(CC)c(=O)[nH]c2c1. The van der Waals surface area contributed by atoms with Gasteiger partial charge in [0.05, 0.1) is 16.9 Å². The van der Waals surface area contributed by atoms with Crippen LogP contribution >= 0.6 is 0 Å². The maximum absolute atomic E-state index is 12.6. The summed E-state index contributed by atoms with van der Waals surface area (Å²) in [7, 11) is 0. The van der Waals surface area contributed by atoms with Crippen molar-refractivity contribution in [2.45, 2.75) is 39.9 Å². The Hall–Kier alpha value is -3.16. The van der Waals surface area contributed by atoms with Crippen LogP contribution in [0.15, 0.2) is 40.2 Å². The zero-order valence-corrected chi connectivity index (χ0v) is 14.9. The van der Waals surface area contributed by atoms with Crippen LogP contribution in [0.5, 0.6) is 0 Å². The molecule has 0 saturated heterocycles. The second-order valence-corrected chi connectivity index (χ2v) is 6.01. The lowest BCUT2D eigenvalue weighted by Gasteiger charge is -2.15. The van der Waals surface area contributed by atoms with Crippen molar-refractivity contribution >= 4 is 16.8 Å². The Balaban J connectivity index is 1.92. The number of rotatable bonds is 5. The van der Waals surface area contributed by atoms with E-state index in [1.54, 1.807) is 25.3 Å². The Labute approximate surface area is 149 Å². The summed E-state index contributed by atoms with van der Waals surface area (Å²) in [6.45, 7) is 6.63. The van der Waals surface area contributed by atoms with E-state index in [0.717, 1.165) is 16.9 Å². The summed E-state index contributed by atoms with van der Waals surface area (Å²) in [6, 6.07) is 4.38. The summed E-state index contributed by atoms with van der Waals surface area (Å²) >= 11 is 0. The van der Waals surface area contributed by atoms with Crippen LogP contribution in [0.25, 0.3) is 10.9 Å². The number of carbonyl (C=O) groups is 1. The maximum atomic E-state index is 12.6. The molecule has 0 radical (unpaired) electrons. The first-order chi connectivity index (χ1) is 12.5. The predicted molar refractivity (Wildman–Crippen MR) is 98.3 cm³/mol. The molecule has 1 unspecified atom stereocenters. The number of benzene rings is 1. The standard InChI is InChI=1S/C18H21N5O3/c1-4-22-9-8-19-15(22)11(3)20-16(24)12-6-7-13-14(10-12)21-18(26)23(5-2)17(13)25/h6-11H,4-5H2,1-3H3,(H,20,24)(H,21,26). The molecular formula is C18H21N5O3. The Kier molecular flexibility index (Phi) is 4.75. The highest BCUT2D eigenvalue weighted by molar-refractivity contribution is 5.97. The van der Waals surface area contributed by atoms with Gasteiger partial charge in [-0.1, -0.05) is 0 Å². The zero-order chi connectivity index (χ0) is 18.8. The Morgan fingerprint density at radius 1 is 1.27 bits per heavy atom. The highest BCUT2D eigenvalue weighted by Crippen LogP contribution is 2.13. The van der Waals surface area contributed by atoms with Crippen molar-refractivity contribution in [3.63, 3.8) is 0 Å². The number of aromatic amines is 1. The number of aryl methyl sites for hydroxylation is 1. The van der Waals surface area contributed by atoms with Crippen LogP contribution in [0.4, 0.5) is 0 Å². The average Bonchev–Trinajstić information content (AvgIpc) is 3.10. The molecule has 136 valence electrons. The van der Waals surface area contributed by atoms with Crippen LogP contribution in [-0.4, -0.2) is 25.0 Å². The molecule has 2 N–H and O–H groups in total. The quantitative estimate of drug-likeness (QED) is 0.722. The molecule has 0 spiro atoms. The van der Waals surface area contributed by atoms with Gasteiger partial charge in [-0.15, -0.1) is 0 Å². The summed E-state index contributed by atoms with van der Waals surface area (Å²) in [5.41, 5.74) is -0.138. The first-order valence-corrected chi connectivity index (χ1v) is 8.55. The van der Waals surface area contributed by atoms with E-state index in [2.05, 4.69) is 15.3 Å². The van der Waals surface area contributed by atoms with Gasteiger partial charge in [0.25, 0.3) is 11.5 Å². The molecule has 26 heavy (non-hydrogen) atoms. The number of hydrogen-bond donors (Lipinski definition) is 2. The van der Waals surface area contributed by atoms with Crippen LogP contribution in [-0.2, 0) is 13.1 Å². The van der Waals surface area contributed by atoms with Crippen molar-refractivity contribution in [3.8, 4) is 0 Å². The van der Waals surface area contributed by atoms with Gasteiger partial charge >= 0.3 is 5.69 Å². The number of amides is 1. The van der Waals surface area contributed by atoms with Crippen molar-refractivity contribution in [3.05, 3.63) is 62.8 Å². The fourth-order valence-electron chi connectivity index (χ4n) is 3.00. The monoisotopic (exact) mass is 355 g/mol. The van der Waals surface area contributed by atoms with Gasteiger partial charge < -0.3 is 14.9 Å². The molecule has 3 rings (SSSR count). The third-order valence-electron chi connectivity index (χ3n) is 4.38. The summed E-state index contributed by atoms with van der Waals surface area (Å²) in [5.74, 6) is 0.464. The van der Waals surface area contributed by atoms with E-state index in [1.165, 1.54) is 6.07 Å². The van der Waals surface area contributed by atoms with Gasteiger partial charge in [-0.3, -0.25) is 14.2 Å². The van der Waals surface area contributed by atoms with Crippen LogP contribution in [0.2, 0.25) is 0 Å². The second-order valence-electron chi connectivity index (χ2n) is 6.01. The molecule has 0 fully saturated rings. The van der Waals surface area contributed by atoms with Crippen LogP contribution in [0.1, 0.15) is 43.0 Å². The zero-order valence-electron chi connectivity index (χ0n) is 14.9. The molecule has 0 saturated carbocycles. The van der Waals surface area contributed by atoms with E-state index in [1.807, 2.05) is 24.6 Å². The molecule has 0 bridgehead atoms. The molecule has 1 amide bonds. The number of nitrogens with one attached hydrogen (secondary N) is 2. The number of hydrogen-bond acceptors (Lipinski definition) is 4. The summed E-state index contributed by atoms with van der Waals surface area (Å²) < 4.78 is 3.07. The Bertz CT molecular complexity index is 1080. The molecule has 2 heterocycles. The largest absolute Gasteiger partial charge is 0.342 e. The van der Waals surface area contributed by atoms with Crippen LogP contribution in [0.3, 0.4) is 0 Å². The lowest BCUT2D eigenvalue weighted by atomic mass is 10.1. The summed E-state index contributed by atoms with van der Waals surface area (Å²) in [6.07, 6.45) is 3.55. The minimum absolute atomic E-state index is 0.278. The smallest absolute Gasteiger partial charge is 0.328 e. The maximum Gasteiger partial charge on any atom is 0.328 e. The number of imidazole rings is 1. The first kappa shape index (κ1) is 17.7. The van der Waals surface area contributed by atoms with Gasteiger partial charge in [0.2, 0.25) is 0 Å². The molecule has 8 nitrogen and oxygen atoms in total. The van der Waals surface area contributed by atoms with E-state index in [-0.39, 0.29) is 24.1 Å². The third kappa shape index (κ3) is 3.05. The topological polar surface area (TPSA) is 102 Å².